The molecule has 0 spiro atoms. The standard InChI is InChI=1S/C17H18ClN3O2/c1-9-14-16(20-23-9)15-12(18)3-2-4-13(15)21(17(14)22)8-10-5-6-11(19)7-10/h2-4,10-11H,5-8,19H2,1H3/t10-,11+/m0/s1. The first-order valence-electron chi connectivity index (χ1n) is 7.89. The van der Waals surface area contributed by atoms with Gasteiger partial charge in [0, 0.05) is 18.0 Å². The van der Waals surface area contributed by atoms with Crippen molar-refractivity contribution in [1.29, 1.82) is 0 Å². The van der Waals surface area contributed by atoms with Gasteiger partial charge < -0.3 is 14.8 Å². The molecular formula is C17H18ClN3O2. The Labute approximate surface area is 138 Å². The van der Waals surface area contributed by atoms with Crippen molar-refractivity contribution < 1.29 is 4.52 Å². The molecule has 2 N–H and O–H groups in total. The van der Waals surface area contributed by atoms with Crippen LogP contribution in [0.15, 0.2) is 27.5 Å². The van der Waals surface area contributed by atoms with Crippen LogP contribution in [0.25, 0.3) is 21.8 Å². The zero-order chi connectivity index (χ0) is 16.1. The first kappa shape index (κ1) is 14.7. The molecular weight excluding hydrogens is 314 g/mol. The summed E-state index contributed by atoms with van der Waals surface area (Å²) in [5.41, 5.74) is 7.31. The van der Waals surface area contributed by atoms with Crippen LogP contribution in [0.5, 0.6) is 0 Å². The number of rotatable bonds is 2. The quantitative estimate of drug-likeness (QED) is 0.782. The number of hydrogen-bond donors (Lipinski definition) is 1. The van der Waals surface area contributed by atoms with Crippen LogP contribution in [0.2, 0.25) is 5.02 Å². The summed E-state index contributed by atoms with van der Waals surface area (Å²) in [5, 5.41) is 5.94. The molecule has 120 valence electrons. The Hall–Kier alpha value is -1.85. The molecule has 2 atom stereocenters. The van der Waals surface area contributed by atoms with Gasteiger partial charge in [-0.3, -0.25) is 4.79 Å². The molecule has 0 aliphatic heterocycles. The number of aromatic nitrogens is 2. The molecule has 0 unspecified atom stereocenters. The lowest BCUT2D eigenvalue weighted by Gasteiger charge is -2.16. The van der Waals surface area contributed by atoms with Gasteiger partial charge in [0.05, 0.1) is 10.5 Å². The summed E-state index contributed by atoms with van der Waals surface area (Å²) in [5.74, 6) is 0.950. The number of nitrogens with two attached hydrogens (primary N) is 1. The lowest BCUT2D eigenvalue weighted by atomic mass is 10.1. The minimum atomic E-state index is -0.0611. The Morgan fingerprint density at radius 3 is 2.96 bits per heavy atom. The zero-order valence-electron chi connectivity index (χ0n) is 12.9. The second-order valence-electron chi connectivity index (χ2n) is 6.45. The van der Waals surface area contributed by atoms with Crippen LogP contribution < -0.4 is 11.3 Å². The number of fused-ring (bicyclic) bond motifs is 3. The highest BCUT2D eigenvalue weighted by atomic mass is 35.5. The molecule has 1 aliphatic carbocycles. The summed E-state index contributed by atoms with van der Waals surface area (Å²) >= 11 is 6.39. The van der Waals surface area contributed by atoms with E-state index in [1.54, 1.807) is 6.92 Å². The van der Waals surface area contributed by atoms with E-state index in [1.165, 1.54) is 0 Å². The van der Waals surface area contributed by atoms with Crippen molar-refractivity contribution in [3.05, 3.63) is 39.3 Å². The molecule has 1 fully saturated rings. The summed E-state index contributed by atoms with van der Waals surface area (Å²) in [4.78, 5) is 13.0. The highest BCUT2D eigenvalue weighted by Crippen LogP contribution is 2.32. The lowest BCUT2D eigenvalue weighted by Crippen LogP contribution is -2.25. The Balaban J connectivity index is 2.00. The summed E-state index contributed by atoms with van der Waals surface area (Å²) < 4.78 is 7.07. The van der Waals surface area contributed by atoms with Crippen LogP contribution in [0.4, 0.5) is 0 Å². The topological polar surface area (TPSA) is 74.0 Å². The average molecular weight is 332 g/mol. The van der Waals surface area contributed by atoms with Crippen molar-refractivity contribution in [3.8, 4) is 0 Å². The molecule has 0 saturated heterocycles. The Morgan fingerprint density at radius 1 is 1.39 bits per heavy atom. The zero-order valence-corrected chi connectivity index (χ0v) is 13.6. The van der Waals surface area contributed by atoms with Gasteiger partial charge in [-0.15, -0.1) is 0 Å². The van der Waals surface area contributed by atoms with E-state index < -0.39 is 0 Å². The lowest BCUT2D eigenvalue weighted by molar-refractivity contribution is 0.405. The van der Waals surface area contributed by atoms with Gasteiger partial charge in [0.15, 0.2) is 0 Å². The normalized spacial score (nSPS) is 21.5. The SMILES string of the molecule is Cc1onc2c1c(=O)n(C[C@H]1CC[C@@H](N)C1)c1cccc(Cl)c21. The Bertz CT molecular complexity index is 960. The second-order valence-corrected chi connectivity index (χ2v) is 6.86. The molecule has 6 heteroatoms. The van der Waals surface area contributed by atoms with Crippen LogP contribution in [0.1, 0.15) is 25.0 Å². The van der Waals surface area contributed by atoms with Crippen LogP contribution in [-0.4, -0.2) is 15.8 Å². The second kappa shape index (κ2) is 5.35. The molecule has 5 nitrogen and oxygen atoms in total. The minimum Gasteiger partial charge on any atom is -0.360 e. The van der Waals surface area contributed by atoms with Gasteiger partial charge in [-0.25, -0.2) is 0 Å². The third-order valence-electron chi connectivity index (χ3n) is 4.86. The maximum Gasteiger partial charge on any atom is 0.264 e. The molecule has 1 aromatic carbocycles. The molecule has 1 saturated carbocycles. The molecule has 4 rings (SSSR count). The van der Waals surface area contributed by atoms with Crippen molar-refractivity contribution in [3.63, 3.8) is 0 Å². The van der Waals surface area contributed by atoms with Crippen molar-refractivity contribution in [2.24, 2.45) is 11.7 Å². The van der Waals surface area contributed by atoms with E-state index in [1.807, 2.05) is 22.8 Å². The largest absolute Gasteiger partial charge is 0.360 e. The average Bonchev–Trinajstić information content (AvgIpc) is 3.10. The van der Waals surface area contributed by atoms with Crippen molar-refractivity contribution in [1.82, 2.24) is 9.72 Å². The number of nitrogens with zero attached hydrogens (tertiary/aromatic N) is 2. The number of benzene rings is 1. The van der Waals surface area contributed by atoms with Crippen LogP contribution in [0.3, 0.4) is 0 Å². The summed E-state index contributed by atoms with van der Waals surface area (Å²) in [6, 6.07) is 5.83. The van der Waals surface area contributed by atoms with E-state index in [0.29, 0.717) is 34.1 Å². The van der Waals surface area contributed by atoms with E-state index in [0.717, 1.165) is 30.2 Å². The molecule has 0 radical (unpaired) electrons. The predicted molar refractivity (Wildman–Crippen MR) is 90.8 cm³/mol. The Kier molecular flexibility index (Phi) is 3.43. The number of pyridine rings is 1. The molecule has 23 heavy (non-hydrogen) atoms. The Morgan fingerprint density at radius 2 is 2.22 bits per heavy atom. The third-order valence-corrected chi connectivity index (χ3v) is 5.18. The first-order valence-corrected chi connectivity index (χ1v) is 8.26. The maximum absolute atomic E-state index is 13.0. The summed E-state index contributed by atoms with van der Waals surface area (Å²) in [7, 11) is 0. The molecule has 2 heterocycles. The van der Waals surface area contributed by atoms with Gasteiger partial charge in [-0.05, 0) is 44.2 Å². The van der Waals surface area contributed by atoms with Crippen molar-refractivity contribution >= 4 is 33.4 Å². The van der Waals surface area contributed by atoms with Gasteiger partial charge >= 0.3 is 0 Å². The van der Waals surface area contributed by atoms with E-state index in [-0.39, 0.29) is 11.6 Å². The predicted octanol–water partition coefficient (Wildman–Crippen LogP) is 3.23. The van der Waals surface area contributed by atoms with E-state index in [9.17, 15) is 4.79 Å². The molecule has 0 amide bonds. The van der Waals surface area contributed by atoms with E-state index in [4.69, 9.17) is 21.9 Å². The van der Waals surface area contributed by atoms with Crippen LogP contribution in [0, 0.1) is 12.8 Å². The fraction of sp³-hybridized carbons (Fsp3) is 0.412. The highest BCUT2D eigenvalue weighted by molar-refractivity contribution is 6.37. The van der Waals surface area contributed by atoms with Crippen molar-refractivity contribution in [2.45, 2.75) is 38.8 Å². The number of aryl methyl sites for hydroxylation is 1. The van der Waals surface area contributed by atoms with Gasteiger partial charge in [0.1, 0.15) is 16.7 Å². The number of halogens is 1. The summed E-state index contributed by atoms with van der Waals surface area (Å²) in [6.07, 6.45) is 3.03. The molecule has 1 aliphatic rings. The van der Waals surface area contributed by atoms with Gasteiger partial charge in [-0.2, -0.15) is 0 Å². The van der Waals surface area contributed by atoms with Crippen molar-refractivity contribution in [2.75, 3.05) is 0 Å². The van der Waals surface area contributed by atoms with E-state index >= 15 is 0 Å². The van der Waals surface area contributed by atoms with Gasteiger partial charge in [-0.1, -0.05) is 22.8 Å². The van der Waals surface area contributed by atoms with Gasteiger partial charge in [0.2, 0.25) is 0 Å². The number of hydrogen-bond acceptors (Lipinski definition) is 4. The van der Waals surface area contributed by atoms with E-state index in [2.05, 4.69) is 5.16 Å². The fourth-order valence-corrected chi connectivity index (χ4v) is 3.99. The molecule has 2 aromatic heterocycles. The summed E-state index contributed by atoms with van der Waals surface area (Å²) in [6.45, 7) is 2.42. The first-order chi connectivity index (χ1) is 11.1. The monoisotopic (exact) mass is 331 g/mol. The highest BCUT2D eigenvalue weighted by Gasteiger charge is 2.25. The third kappa shape index (κ3) is 2.26. The maximum atomic E-state index is 13.0. The smallest absolute Gasteiger partial charge is 0.264 e. The molecule has 3 aromatic rings. The van der Waals surface area contributed by atoms with Crippen LogP contribution in [-0.2, 0) is 6.54 Å². The molecule has 0 bridgehead atoms. The minimum absolute atomic E-state index is 0.0611. The fourth-order valence-electron chi connectivity index (χ4n) is 3.73. The van der Waals surface area contributed by atoms with Crippen LogP contribution >= 0.6 is 11.6 Å². The van der Waals surface area contributed by atoms with Gasteiger partial charge in [0.25, 0.3) is 5.56 Å².